The van der Waals surface area contributed by atoms with E-state index in [1.807, 2.05) is 13.8 Å². The monoisotopic (exact) mass is 335 g/mol. The Balaban J connectivity index is 2.31. The molecule has 0 radical (unpaired) electrons. The largest absolute Gasteiger partial charge is 0.621 e. The maximum atomic E-state index is 13.0. The minimum absolute atomic E-state index is 0.0231. The van der Waals surface area contributed by atoms with Gasteiger partial charge in [0.2, 0.25) is 0 Å². The van der Waals surface area contributed by atoms with Gasteiger partial charge in [0, 0.05) is 11.6 Å². The summed E-state index contributed by atoms with van der Waals surface area (Å²) in [5, 5.41) is 13.0. The number of benzene rings is 1. The third kappa shape index (κ3) is 4.31. The normalized spacial score (nSPS) is 20.6. The summed E-state index contributed by atoms with van der Waals surface area (Å²) in [7, 11) is -0.996. The first-order valence-electron chi connectivity index (χ1n) is 7.42. The highest BCUT2D eigenvalue weighted by atomic mass is 32.2. The SMILES string of the molecule is COc1ccc(C[N+]2([O-])C=CC(CC(C)C)=CC2=S(=O)=O)cc1. The van der Waals surface area contributed by atoms with Crippen molar-refractivity contribution in [1.82, 2.24) is 0 Å². The second-order valence-electron chi connectivity index (χ2n) is 6.01. The van der Waals surface area contributed by atoms with Crippen molar-refractivity contribution in [2.45, 2.75) is 26.8 Å². The van der Waals surface area contributed by atoms with Gasteiger partial charge in [-0.3, -0.25) is 4.65 Å². The number of hydroxylamine groups is 3. The van der Waals surface area contributed by atoms with Gasteiger partial charge in [0.15, 0.2) is 0 Å². The van der Waals surface area contributed by atoms with Crippen LogP contribution in [0.15, 0.2) is 48.2 Å². The van der Waals surface area contributed by atoms with E-state index in [0.717, 1.165) is 17.6 Å². The van der Waals surface area contributed by atoms with Crippen LogP contribution in [0.3, 0.4) is 0 Å². The number of rotatable bonds is 5. The predicted octanol–water partition coefficient (Wildman–Crippen LogP) is 3.02. The van der Waals surface area contributed by atoms with Gasteiger partial charge in [0.25, 0.3) is 15.3 Å². The van der Waals surface area contributed by atoms with Crippen molar-refractivity contribution in [3.63, 3.8) is 0 Å². The summed E-state index contributed by atoms with van der Waals surface area (Å²) in [6.45, 7) is 4.12. The van der Waals surface area contributed by atoms with Crippen LogP contribution in [0, 0.1) is 11.1 Å². The summed E-state index contributed by atoms with van der Waals surface area (Å²) >= 11 is 0. The van der Waals surface area contributed by atoms with Gasteiger partial charge >= 0.3 is 0 Å². The number of hydrogen-bond acceptors (Lipinski definition) is 4. The van der Waals surface area contributed by atoms with E-state index in [4.69, 9.17) is 4.74 Å². The Hall–Kier alpha value is -1.89. The maximum Gasteiger partial charge on any atom is 0.277 e. The highest BCUT2D eigenvalue weighted by Gasteiger charge is 2.27. The molecule has 0 bridgehead atoms. The zero-order valence-electron chi connectivity index (χ0n) is 13.5. The fourth-order valence-corrected chi connectivity index (χ4v) is 3.14. The second-order valence-corrected chi connectivity index (χ2v) is 6.90. The topological polar surface area (TPSA) is 66.4 Å². The molecule has 0 saturated carbocycles. The van der Waals surface area contributed by atoms with Crippen LogP contribution < -0.4 is 4.74 Å². The fourth-order valence-electron chi connectivity index (χ4n) is 2.51. The molecule has 0 fully saturated rings. The van der Waals surface area contributed by atoms with Crippen LogP contribution in [0.4, 0.5) is 0 Å². The van der Waals surface area contributed by atoms with E-state index in [1.54, 1.807) is 37.5 Å². The smallest absolute Gasteiger partial charge is 0.277 e. The molecule has 1 atom stereocenters. The van der Waals surface area contributed by atoms with Gasteiger partial charge in [-0.2, -0.15) is 8.42 Å². The number of methoxy groups -OCH3 is 1. The average molecular weight is 335 g/mol. The highest BCUT2D eigenvalue weighted by Crippen LogP contribution is 2.25. The number of allylic oxidation sites excluding steroid dienone is 2. The van der Waals surface area contributed by atoms with Gasteiger partial charge in [-0.05, 0) is 48.3 Å². The molecule has 0 saturated heterocycles. The molecule has 23 heavy (non-hydrogen) atoms. The molecule has 2 rings (SSSR count). The summed E-state index contributed by atoms with van der Waals surface area (Å²) in [5.41, 5.74) is 1.60. The number of hydrogen-bond donors (Lipinski definition) is 0. The molecule has 0 aliphatic carbocycles. The lowest BCUT2D eigenvalue weighted by atomic mass is 10.0. The van der Waals surface area contributed by atoms with Crippen LogP contribution in [-0.4, -0.2) is 25.2 Å². The van der Waals surface area contributed by atoms with Crippen molar-refractivity contribution >= 4 is 15.3 Å². The van der Waals surface area contributed by atoms with Crippen LogP contribution in [0.2, 0.25) is 0 Å². The Bertz CT molecular complexity index is 752. The molecular weight excluding hydrogens is 314 g/mol. The van der Waals surface area contributed by atoms with Crippen molar-refractivity contribution in [2.24, 2.45) is 5.92 Å². The lowest BCUT2D eigenvalue weighted by molar-refractivity contribution is -0.744. The molecule has 5 nitrogen and oxygen atoms in total. The van der Waals surface area contributed by atoms with Crippen molar-refractivity contribution < 1.29 is 17.8 Å². The van der Waals surface area contributed by atoms with Gasteiger partial charge < -0.3 is 9.94 Å². The minimum Gasteiger partial charge on any atom is -0.621 e. The molecule has 1 aromatic rings. The average Bonchev–Trinajstić information content (AvgIpc) is 2.49. The molecule has 1 heterocycles. The molecule has 1 aromatic carbocycles. The van der Waals surface area contributed by atoms with Gasteiger partial charge in [-0.1, -0.05) is 13.8 Å². The summed E-state index contributed by atoms with van der Waals surface area (Å²) in [5.74, 6) is 1.08. The summed E-state index contributed by atoms with van der Waals surface area (Å²) in [6.07, 6.45) is 5.37. The summed E-state index contributed by atoms with van der Waals surface area (Å²) in [6, 6.07) is 7.04. The Kier molecular flexibility index (Phi) is 5.41. The Morgan fingerprint density at radius 1 is 1.22 bits per heavy atom. The van der Waals surface area contributed by atoms with Crippen LogP contribution in [0.25, 0.3) is 0 Å². The van der Waals surface area contributed by atoms with Crippen molar-refractivity contribution in [2.75, 3.05) is 7.11 Å². The van der Waals surface area contributed by atoms with E-state index in [0.29, 0.717) is 11.7 Å². The lowest BCUT2D eigenvalue weighted by Crippen LogP contribution is -2.43. The Labute approximate surface area is 138 Å². The quantitative estimate of drug-likeness (QED) is 0.471. The van der Waals surface area contributed by atoms with E-state index in [2.05, 4.69) is 0 Å². The molecule has 1 aliphatic rings. The standard InChI is InChI=1S/C17H21NO4S/c1-13(2)10-15-8-9-18(19,17(11-15)23(20)21)12-14-4-6-16(22-3)7-5-14/h4-9,11,13H,10,12H2,1-3H3. The molecular formula is C17H21NO4S. The van der Waals surface area contributed by atoms with Crippen LogP contribution >= 0.6 is 0 Å². The van der Waals surface area contributed by atoms with E-state index in [9.17, 15) is 13.6 Å². The Morgan fingerprint density at radius 2 is 1.87 bits per heavy atom. The maximum absolute atomic E-state index is 13.0. The molecule has 0 N–H and O–H groups in total. The highest BCUT2D eigenvalue weighted by molar-refractivity contribution is 7.72. The third-order valence-corrected chi connectivity index (χ3v) is 4.37. The Morgan fingerprint density at radius 3 is 2.39 bits per heavy atom. The van der Waals surface area contributed by atoms with E-state index >= 15 is 0 Å². The first-order chi connectivity index (χ1) is 10.8. The number of nitrogens with zero attached hydrogens (tertiary/aromatic N) is 1. The van der Waals surface area contributed by atoms with Gasteiger partial charge in [0.1, 0.15) is 18.5 Å². The number of ether oxygens (including phenoxy) is 1. The molecule has 0 aromatic heterocycles. The molecule has 0 amide bonds. The van der Waals surface area contributed by atoms with Crippen molar-refractivity contribution in [1.29, 1.82) is 0 Å². The molecule has 0 spiro atoms. The zero-order valence-corrected chi connectivity index (χ0v) is 14.3. The summed E-state index contributed by atoms with van der Waals surface area (Å²) < 4.78 is 27.2. The van der Waals surface area contributed by atoms with Crippen molar-refractivity contribution in [3.05, 3.63) is 59.0 Å². The van der Waals surface area contributed by atoms with Crippen LogP contribution in [-0.2, 0) is 16.8 Å². The van der Waals surface area contributed by atoms with E-state index in [1.165, 1.54) is 12.3 Å². The number of quaternary nitrogens is 1. The fraction of sp³-hybridized carbons (Fsp3) is 0.353. The third-order valence-electron chi connectivity index (χ3n) is 3.60. The first kappa shape index (κ1) is 17.5. The predicted molar refractivity (Wildman–Crippen MR) is 90.9 cm³/mol. The van der Waals surface area contributed by atoms with Gasteiger partial charge in [-0.25, -0.2) is 0 Å². The van der Waals surface area contributed by atoms with Gasteiger partial charge in [0.05, 0.1) is 7.11 Å². The van der Waals surface area contributed by atoms with E-state index in [-0.39, 0.29) is 11.5 Å². The van der Waals surface area contributed by atoms with Crippen LogP contribution in [0.5, 0.6) is 5.75 Å². The van der Waals surface area contributed by atoms with E-state index < -0.39 is 14.9 Å². The minimum atomic E-state index is -2.56. The molecule has 1 unspecified atom stereocenters. The first-order valence-corrected chi connectivity index (χ1v) is 8.50. The molecule has 6 heteroatoms. The van der Waals surface area contributed by atoms with Crippen LogP contribution in [0.1, 0.15) is 25.8 Å². The second kappa shape index (κ2) is 7.12. The molecule has 124 valence electrons. The van der Waals surface area contributed by atoms with Crippen molar-refractivity contribution in [3.8, 4) is 5.75 Å². The van der Waals surface area contributed by atoms with Gasteiger partial charge in [-0.15, -0.1) is 0 Å². The summed E-state index contributed by atoms with van der Waals surface area (Å²) in [4.78, 5) is -0.154. The molecule has 1 aliphatic heterocycles. The lowest BCUT2D eigenvalue weighted by Gasteiger charge is -2.38. The zero-order chi connectivity index (χ0) is 17.0.